The lowest BCUT2D eigenvalue weighted by Crippen LogP contribution is -2.38. The molecule has 1 aliphatic rings. The maximum Gasteiger partial charge on any atom is 0.418 e. The number of aromatic nitrogens is 2. The van der Waals surface area contributed by atoms with E-state index in [0.29, 0.717) is 31.7 Å². The lowest BCUT2D eigenvalue weighted by atomic mass is 10.1. The Balaban J connectivity index is 1.87. The Bertz CT molecular complexity index is 942. The predicted octanol–water partition coefficient (Wildman–Crippen LogP) is 3.85. The Morgan fingerprint density at radius 2 is 1.88 bits per heavy atom. The van der Waals surface area contributed by atoms with Gasteiger partial charge in [0.15, 0.2) is 0 Å². The summed E-state index contributed by atoms with van der Waals surface area (Å²) in [6.07, 6.45) is -2.72. The molecular weight excluding hydrogens is 343 g/mol. The third-order valence-electron chi connectivity index (χ3n) is 4.95. The summed E-state index contributed by atoms with van der Waals surface area (Å²) in [6.45, 7) is 6.00. The van der Waals surface area contributed by atoms with Crippen LogP contribution in [0.1, 0.15) is 11.3 Å². The van der Waals surface area contributed by atoms with Crippen LogP contribution in [0.15, 0.2) is 30.5 Å². The van der Waals surface area contributed by atoms with Crippen LogP contribution in [0.4, 0.5) is 13.2 Å². The molecular formula is C19H20F3N3O. The summed E-state index contributed by atoms with van der Waals surface area (Å²) >= 11 is 0. The van der Waals surface area contributed by atoms with Crippen molar-refractivity contribution < 1.29 is 17.9 Å². The number of alkyl halides is 3. The van der Waals surface area contributed by atoms with Crippen molar-refractivity contribution in [2.45, 2.75) is 19.6 Å². The first-order valence-corrected chi connectivity index (χ1v) is 8.70. The van der Waals surface area contributed by atoms with Crippen molar-refractivity contribution in [2.24, 2.45) is 0 Å². The number of fused-ring (bicyclic) bond motifs is 3. The molecule has 138 valence electrons. The van der Waals surface area contributed by atoms with Crippen LogP contribution in [0.3, 0.4) is 0 Å². The largest absolute Gasteiger partial charge is 0.418 e. The van der Waals surface area contributed by atoms with Gasteiger partial charge in [0.05, 0.1) is 29.8 Å². The zero-order valence-corrected chi connectivity index (χ0v) is 14.5. The van der Waals surface area contributed by atoms with E-state index in [9.17, 15) is 13.2 Å². The van der Waals surface area contributed by atoms with Crippen molar-refractivity contribution in [1.82, 2.24) is 14.5 Å². The summed E-state index contributed by atoms with van der Waals surface area (Å²) < 4.78 is 48.1. The standard InChI is InChI=1S/C19H20F3N3O/c1-13-11-17-15(12-23-13)14-3-2-4-16(19(20,21)22)18(14)25(17)6-5-24-7-9-26-10-8-24/h2-4,11-12H,5-10H2,1H3. The minimum atomic E-state index is -4.40. The lowest BCUT2D eigenvalue weighted by Gasteiger charge is -2.27. The van der Waals surface area contributed by atoms with Crippen LogP contribution in [-0.2, 0) is 17.5 Å². The van der Waals surface area contributed by atoms with Crippen molar-refractivity contribution >= 4 is 21.8 Å². The summed E-state index contributed by atoms with van der Waals surface area (Å²) in [6, 6.07) is 6.24. The molecule has 0 N–H and O–H groups in total. The molecule has 0 saturated carbocycles. The van der Waals surface area contributed by atoms with Gasteiger partial charge in [0.1, 0.15) is 0 Å². The van der Waals surface area contributed by atoms with Crippen molar-refractivity contribution in [3.8, 4) is 0 Å². The molecule has 2 aromatic heterocycles. The second-order valence-electron chi connectivity index (χ2n) is 6.65. The van der Waals surface area contributed by atoms with Gasteiger partial charge >= 0.3 is 6.18 Å². The lowest BCUT2D eigenvalue weighted by molar-refractivity contribution is -0.136. The highest BCUT2D eigenvalue weighted by Crippen LogP contribution is 2.39. The van der Waals surface area contributed by atoms with Crippen molar-refractivity contribution in [3.63, 3.8) is 0 Å². The quantitative estimate of drug-likeness (QED) is 0.708. The van der Waals surface area contributed by atoms with Crippen LogP contribution in [0.5, 0.6) is 0 Å². The average molecular weight is 363 g/mol. The van der Waals surface area contributed by atoms with Gasteiger partial charge in [-0.25, -0.2) is 0 Å². The van der Waals surface area contributed by atoms with E-state index in [2.05, 4.69) is 9.88 Å². The summed E-state index contributed by atoms with van der Waals surface area (Å²) in [5, 5.41) is 1.36. The Morgan fingerprint density at radius 1 is 1.12 bits per heavy atom. The van der Waals surface area contributed by atoms with Crippen LogP contribution < -0.4 is 0 Å². The first-order chi connectivity index (χ1) is 12.4. The predicted molar refractivity (Wildman–Crippen MR) is 94.2 cm³/mol. The number of halogens is 3. The van der Waals surface area contributed by atoms with Crippen LogP contribution in [-0.4, -0.2) is 47.3 Å². The topological polar surface area (TPSA) is 30.3 Å². The van der Waals surface area contributed by atoms with E-state index in [1.54, 1.807) is 16.8 Å². The Morgan fingerprint density at radius 3 is 2.62 bits per heavy atom. The highest BCUT2D eigenvalue weighted by Gasteiger charge is 2.34. The number of nitrogens with zero attached hydrogens (tertiary/aromatic N) is 3. The molecule has 1 aliphatic heterocycles. The van der Waals surface area contributed by atoms with E-state index in [0.717, 1.165) is 35.8 Å². The second-order valence-corrected chi connectivity index (χ2v) is 6.65. The monoisotopic (exact) mass is 363 g/mol. The average Bonchev–Trinajstić information content (AvgIpc) is 2.92. The molecule has 0 spiro atoms. The molecule has 0 aliphatic carbocycles. The minimum Gasteiger partial charge on any atom is -0.379 e. The second kappa shape index (κ2) is 6.55. The third kappa shape index (κ3) is 3.05. The normalized spacial score (nSPS) is 16.6. The molecule has 0 radical (unpaired) electrons. The van der Waals surface area contributed by atoms with Crippen LogP contribution in [0, 0.1) is 6.92 Å². The maximum absolute atomic E-state index is 13.6. The number of hydrogen-bond acceptors (Lipinski definition) is 3. The van der Waals surface area contributed by atoms with Gasteiger partial charge in [0.2, 0.25) is 0 Å². The van der Waals surface area contributed by atoms with Crippen molar-refractivity contribution in [1.29, 1.82) is 0 Å². The number of ether oxygens (including phenoxy) is 1. The van der Waals surface area contributed by atoms with Crippen LogP contribution in [0.2, 0.25) is 0 Å². The van der Waals surface area contributed by atoms with E-state index < -0.39 is 11.7 Å². The molecule has 0 atom stereocenters. The molecule has 1 aromatic carbocycles. The zero-order chi connectivity index (χ0) is 18.3. The Labute approximate surface area is 149 Å². The summed E-state index contributed by atoms with van der Waals surface area (Å²) in [7, 11) is 0. The van der Waals surface area contributed by atoms with Crippen molar-refractivity contribution in [3.05, 3.63) is 41.7 Å². The SMILES string of the molecule is Cc1cc2c(cn1)c1cccc(C(F)(F)F)c1n2CCN1CCOCC1. The molecule has 0 amide bonds. The highest BCUT2D eigenvalue weighted by atomic mass is 19.4. The van der Waals surface area contributed by atoms with Gasteiger partial charge in [-0.15, -0.1) is 0 Å². The number of para-hydroxylation sites is 1. The fourth-order valence-corrected chi connectivity index (χ4v) is 3.68. The molecule has 1 saturated heterocycles. The number of rotatable bonds is 3. The van der Waals surface area contributed by atoms with Gasteiger partial charge in [-0.1, -0.05) is 12.1 Å². The summed E-state index contributed by atoms with van der Waals surface area (Å²) in [5.41, 5.74) is 1.25. The number of benzene rings is 1. The van der Waals surface area contributed by atoms with Gasteiger partial charge in [-0.2, -0.15) is 13.2 Å². The maximum atomic E-state index is 13.6. The molecule has 7 heteroatoms. The van der Waals surface area contributed by atoms with Crippen LogP contribution in [0.25, 0.3) is 21.8 Å². The minimum absolute atomic E-state index is 0.246. The van der Waals surface area contributed by atoms with E-state index in [4.69, 9.17) is 4.74 Å². The summed E-state index contributed by atoms with van der Waals surface area (Å²) in [5.74, 6) is 0. The van der Waals surface area contributed by atoms with Crippen molar-refractivity contribution in [2.75, 3.05) is 32.8 Å². The number of pyridine rings is 1. The fraction of sp³-hybridized carbons (Fsp3) is 0.421. The molecule has 4 rings (SSSR count). The molecule has 0 bridgehead atoms. The van der Waals surface area contributed by atoms with E-state index in [1.807, 2.05) is 13.0 Å². The number of hydrogen-bond donors (Lipinski definition) is 0. The third-order valence-corrected chi connectivity index (χ3v) is 4.95. The fourth-order valence-electron chi connectivity index (χ4n) is 3.68. The molecule has 3 heterocycles. The highest BCUT2D eigenvalue weighted by molar-refractivity contribution is 6.09. The molecule has 3 aromatic rings. The van der Waals surface area contributed by atoms with E-state index in [-0.39, 0.29) is 5.52 Å². The molecule has 1 fully saturated rings. The molecule has 0 unspecified atom stereocenters. The van der Waals surface area contributed by atoms with E-state index in [1.165, 1.54) is 6.07 Å². The van der Waals surface area contributed by atoms with Gasteiger partial charge < -0.3 is 9.30 Å². The zero-order valence-electron chi connectivity index (χ0n) is 14.5. The first-order valence-electron chi connectivity index (χ1n) is 8.70. The number of aryl methyl sites for hydroxylation is 1. The van der Waals surface area contributed by atoms with E-state index >= 15 is 0 Å². The van der Waals surface area contributed by atoms with Gasteiger partial charge in [-0.3, -0.25) is 9.88 Å². The molecule has 4 nitrogen and oxygen atoms in total. The first kappa shape index (κ1) is 17.3. The Kier molecular flexibility index (Phi) is 4.36. The molecule has 26 heavy (non-hydrogen) atoms. The van der Waals surface area contributed by atoms with Gasteiger partial charge in [0.25, 0.3) is 0 Å². The smallest absolute Gasteiger partial charge is 0.379 e. The number of morpholine rings is 1. The van der Waals surface area contributed by atoms with Gasteiger partial charge in [0, 0.05) is 48.8 Å². The Hall–Kier alpha value is -2.12. The van der Waals surface area contributed by atoms with Crippen LogP contribution >= 0.6 is 0 Å². The summed E-state index contributed by atoms with van der Waals surface area (Å²) in [4.78, 5) is 6.52. The van der Waals surface area contributed by atoms with Gasteiger partial charge in [-0.05, 0) is 19.1 Å².